The summed E-state index contributed by atoms with van der Waals surface area (Å²) in [7, 11) is 0. The topological polar surface area (TPSA) is 75.6 Å². The fourth-order valence-corrected chi connectivity index (χ4v) is 2.25. The minimum atomic E-state index is -1.02. The Balaban J connectivity index is 1.96. The molecule has 0 fully saturated rings. The maximum atomic E-state index is 12.3. The number of rotatable bonds is 7. The second-order valence-electron chi connectivity index (χ2n) is 5.50. The molecule has 0 radical (unpaired) electrons. The first kappa shape index (κ1) is 17.5. The molecule has 2 aromatic rings. The molecule has 2 rings (SSSR count). The van der Waals surface area contributed by atoms with Crippen molar-refractivity contribution >= 4 is 11.9 Å². The van der Waals surface area contributed by atoms with Crippen molar-refractivity contribution in [2.75, 3.05) is 6.61 Å². The SMILES string of the molecule is CCc1ccc(C(=O)NC(C)c2ccc(OCC(=O)O)cc2)cc1. The van der Waals surface area contributed by atoms with Crippen molar-refractivity contribution < 1.29 is 19.4 Å². The van der Waals surface area contributed by atoms with E-state index in [-0.39, 0.29) is 18.6 Å². The van der Waals surface area contributed by atoms with Crippen LogP contribution >= 0.6 is 0 Å². The number of benzene rings is 2. The second-order valence-corrected chi connectivity index (χ2v) is 5.50. The summed E-state index contributed by atoms with van der Waals surface area (Å²) >= 11 is 0. The van der Waals surface area contributed by atoms with Gasteiger partial charge in [-0.25, -0.2) is 4.79 Å². The fraction of sp³-hybridized carbons (Fsp3) is 0.263. The van der Waals surface area contributed by atoms with Gasteiger partial charge in [-0.3, -0.25) is 4.79 Å². The average Bonchev–Trinajstić information content (AvgIpc) is 2.60. The Kier molecular flexibility index (Phi) is 5.95. The molecule has 0 aromatic heterocycles. The molecule has 1 amide bonds. The predicted octanol–water partition coefficient (Wildman–Crippen LogP) is 3.20. The number of aliphatic carboxylic acids is 1. The first-order valence-electron chi connectivity index (χ1n) is 7.84. The van der Waals surface area contributed by atoms with Gasteiger partial charge in [0.05, 0.1) is 6.04 Å². The van der Waals surface area contributed by atoms with Crippen molar-refractivity contribution in [3.63, 3.8) is 0 Å². The van der Waals surface area contributed by atoms with Crippen LogP contribution in [-0.2, 0) is 11.2 Å². The monoisotopic (exact) mass is 327 g/mol. The number of aryl methyl sites for hydroxylation is 1. The van der Waals surface area contributed by atoms with E-state index in [4.69, 9.17) is 9.84 Å². The number of carbonyl (C=O) groups excluding carboxylic acids is 1. The van der Waals surface area contributed by atoms with E-state index in [0.29, 0.717) is 11.3 Å². The van der Waals surface area contributed by atoms with E-state index in [2.05, 4.69) is 12.2 Å². The van der Waals surface area contributed by atoms with Crippen molar-refractivity contribution in [3.8, 4) is 5.75 Å². The highest BCUT2D eigenvalue weighted by Crippen LogP contribution is 2.18. The number of nitrogens with one attached hydrogen (secondary N) is 1. The number of amides is 1. The lowest BCUT2D eigenvalue weighted by atomic mass is 10.1. The highest BCUT2D eigenvalue weighted by molar-refractivity contribution is 5.94. The molecule has 0 saturated heterocycles. The standard InChI is InChI=1S/C19H21NO4/c1-3-14-4-6-16(7-5-14)19(23)20-13(2)15-8-10-17(11-9-15)24-12-18(21)22/h4-11,13H,3,12H2,1-2H3,(H,20,23)(H,21,22). The first-order chi connectivity index (χ1) is 11.5. The molecular weight excluding hydrogens is 306 g/mol. The third-order valence-corrected chi connectivity index (χ3v) is 3.71. The summed E-state index contributed by atoms with van der Waals surface area (Å²) in [6.07, 6.45) is 0.939. The molecule has 5 heteroatoms. The van der Waals surface area contributed by atoms with Crippen LogP contribution in [-0.4, -0.2) is 23.6 Å². The lowest BCUT2D eigenvalue weighted by Gasteiger charge is -2.15. The summed E-state index contributed by atoms with van der Waals surface area (Å²) < 4.78 is 5.09. The molecule has 2 N–H and O–H groups in total. The molecule has 5 nitrogen and oxygen atoms in total. The lowest BCUT2D eigenvalue weighted by molar-refractivity contribution is -0.139. The van der Waals surface area contributed by atoms with Gasteiger partial charge < -0.3 is 15.2 Å². The van der Waals surface area contributed by atoms with Crippen molar-refractivity contribution in [2.24, 2.45) is 0 Å². The third kappa shape index (κ3) is 4.84. The van der Waals surface area contributed by atoms with E-state index >= 15 is 0 Å². The fourth-order valence-electron chi connectivity index (χ4n) is 2.25. The normalized spacial score (nSPS) is 11.6. The van der Waals surface area contributed by atoms with Crippen molar-refractivity contribution in [3.05, 3.63) is 65.2 Å². The maximum absolute atomic E-state index is 12.3. The van der Waals surface area contributed by atoms with Crippen LogP contribution < -0.4 is 10.1 Å². The Morgan fingerprint density at radius 2 is 1.71 bits per heavy atom. The number of hydrogen-bond acceptors (Lipinski definition) is 3. The third-order valence-electron chi connectivity index (χ3n) is 3.71. The van der Waals surface area contributed by atoms with Crippen LogP contribution in [0.4, 0.5) is 0 Å². The summed E-state index contributed by atoms with van der Waals surface area (Å²) in [5.74, 6) is -0.667. The molecule has 0 aliphatic heterocycles. The Morgan fingerprint density at radius 3 is 2.25 bits per heavy atom. The zero-order valence-corrected chi connectivity index (χ0v) is 13.8. The summed E-state index contributed by atoms with van der Waals surface area (Å²) in [4.78, 5) is 22.7. The van der Waals surface area contributed by atoms with Gasteiger partial charge in [-0.15, -0.1) is 0 Å². The van der Waals surface area contributed by atoms with E-state index in [1.807, 2.05) is 43.3 Å². The second kappa shape index (κ2) is 8.15. The number of carbonyl (C=O) groups is 2. The largest absolute Gasteiger partial charge is 0.482 e. The Labute approximate surface area is 141 Å². The van der Waals surface area contributed by atoms with E-state index in [9.17, 15) is 9.59 Å². The molecule has 0 aliphatic rings. The van der Waals surface area contributed by atoms with Gasteiger partial charge in [-0.05, 0) is 48.7 Å². The Hall–Kier alpha value is -2.82. The van der Waals surface area contributed by atoms with E-state index in [1.165, 1.54) is 5.56 Å². The van der Waals surface area contributed by atoms with Crippen LogP contribution in [0.1, 0.15) is 41.4 Å². The van der Waals surface area contributed by atoms with Gasteiger partial charge >= 0.3 is 5.97 Å². The Morgan fingerprint density at radius 1 is 1.08 bits per heavy atom. The van der Waals surface area contributed by atoms with E-state index < -0.39 is 5.97 Å². The highest BCUT2D eigenvalue weighted by Gasteiger charge is 2.11. The summed E-state index contributed by atoms with van der Waals surface area (Å²) in [5.41, 5.74) is 2.73. The number of carboxylic acids is 1. The predicted molar refractivity (Wildman–Crippen MR) is 91.3 cm³/mol. The number of hydrogen-bond donors (Lipinski definition) is 2. The van der Waals surface area contributed by atoms with Crippen LogP contribution in [0.15, 0.2) is 48.5 Å². The van der Waals surface area contributed by atoms with Gasteiger partial charge in [-0.2, -0.15) is 0 Å². The molecule has 1 atom stereocenters. The summed E-state index contributed by atoms with van der Waals surface area (Å²) in [6.45, 7) is 3.59. The molecule has 0 spiro atoms. The van der Waals surface area contributed by atoms with Gasteiger partial charge in [-0.1, -0.05) is 31.2 Å². The number of carboxylic acid groups (broad SMARTS) is 1. The molecule has 0 saturated carbocycles. The van der Waals surface area contributed by atoms with Gasteiger partial charge in [0.25, 0.3) is 5.91 Å². The molecule has 126 valence electrons. The van der Waals surface area contributed by atoms with Crippen LogP contribution in [0, 0.1) is 0 Å². The van der Waals surface area contributed by atoms with Crippen LogP contribution in [0.5, 0.6) is 5.75 Å². The summed E-state index contributed by atoms with van der Waals surface area (Å²) in [6, 6.07) is 14.4. The molecule has 0 bridgehead atoms. The van der Waals surface area contributed by atoms with Crippen LogP contribution in [0.2, 0.25) is 0 Å². The number of ether oxygens (including phenoxy) is 1. The summed E-state index contributed by atoms with van der Waals surface area (Å²) in [5, 5.41) is 11.5. The average molecular weight is 327 g/mol. The van der Waals surface area contributed by atoms with Gasteiger partial charge in [0.2, 0.25) is 0 Å². The van der Waals surface area contributed by atoms with Gasteiger partial charge in [0, 0.05) is 5.56 Å². The molecule has 24 heavy (non-hydrogen) atoms. The van der Waals surface area contributed by atoms with Crippen molar-refractivity contribution in [1.29, 1.82) is 0 Å². The lowest BCUT2D eigenvalue weighted by Crippen LogP contribution is -2.26. The first-order valence-corrected chi connectivity index (χ1v) is 7.84. The minimum absolute atomic E-state index is 0.128. The zero-order valence-electron chi connectivity index (χ0n) is 13.8. The zero-order chi connectivity index (χ0) is 17.5. The highest BCUT2D eigenvalue weighted by atomic mass is 16.5. The van der Waals surface area contributed by atoms with Crippen molar-refractivity contribution in [1.82, 2.24) is 5.32 Å². The van der Waals surface area contributed by atoms with Gasteiger partial charge in [0.15, 0.2) is 6.61 Å². The van der Waals surface area contributed by atoms with Crippen LogP contribution in [0.25, 0.3) is 0 Å². The van der Waals surface area contributed by atoms with E-state index in [0.717, 1.165) is 12.0 Å². The minimum Gasteiger partial charge on any atom is -0.482 e. The van der Waals surface area contributed by atoms with Crippen LogP contribution in [0.3, 0.4) is 0 Å². The molecule has 2 aromatic carbocycles. The molecule has 0 heterocycles. The quantitative estimate of drug-likeness (QED) is 0.819. The maximum Gasteiger partial charge on any atom is 0.341 e. The smallest absolute Gasteiger partial charge is 0.341 e. The van der Waals surface area contributed by atoms with Crippen molar-refractivity contribution in [2.45, 2.75) is 26.3 Å². The molecule has 0 aliphatic carbocycles. The van der Waals surface area contributed by atoms with E-state index in [1.54, 1.807) is 12.1 Å². The Bertz CT molecular complexity index is 692. The molecule has 1 unspecified atom stereocenters. The molecular formula is C19H21NO4. The van der Waals surface area contributed by atoms with Gasteiger partial charge in [0.1, 0.15) is 5.75 Å².